The van der Waals surface area contributed by atoms with Gasteiger partial charge in [0.25, 0.3) is 0 Å². The van der Waals surface area contributed by atoms with Gasteiger partial charge in [-0.2, -0.15) is 0 Å². The molecule has 0 spiro atoms. The van der Waals surface area contributed by atoms with E-state index in [1.165, 1.54) is 17.4 Å². The second-order valence-corrected chi connectivity index (χ2v) is 6.77. The van der Waals surface area contributed by atoms with E-state index in [1.807, 2.05) is 11.4 Å². The van der Waals surface area contributed by atoms with Crippen LogP contribution < -0.4 is 10.6 Å². The molecule has 128 valence electrons. The summed E-state index contributed by atoms with van der Waals surface area (Å²) >= 11 is 1.51. The van der Waals surface area contributed by atoms with E-state index in [0.29, 0.717) is 13.0 Å². The summed E-state index contributed by atoms with van der Waals surface area (Å²) in [4.78, 5) is 18.3. The minimum absolute atomic E-state index is 0.0318. The van der Waals surface area contributed by atoms with Crippen LogP contribution in [0.5, 0.6) is 0 Å². The van der Waals surface area contributed by atoms with Gasteiger partial charge in [-0.25, -0.2) is 9.37 Å². The number of rotatable bonds is 5. The normalized spacial score (nSPS) is 18.5. The van der Waals surface area contributed by atoms with Gasteiger partial charge in [0.05, 0.1) is 12.1 Å². The van der Waals surface area contributed by atoms with E-state index in [1.54, 1.807) is 19.2 Å². The lowest BCUT2D eigenvalue weighted by Gasteiger charge is -2.36. The number of hydrogen-bond donors (Lipinski definition) is 2. The monoisotopic (exact) mass is 348 g/mol. The third-order valence-corrected chi connectivity index (χ3v) is 5.04. The Morgan fingerprint density at radius 3 is 3.21 bits per heavy atom. The van der Waals surface area contributed by atoms with Crippen LogP contribution in [0.3, 0.4) is 0 Å². The number of amides is 1. The highest BCUT2D eigenvalue weighted by atomic mass is 32.1. The molecule has 3 rings (SSSR count). The molecule has 24 heavy (non-hydrogen) atoms. The van der Waals surface area contributed by atoms with Gasteiger partial charge in [0, 0.05) is 44.6 Å². The van der Waals surface area contributed by atoms with Crippen LogP contribution in [-0.4, -0.2) is 42.5 Å². The summed E-state index contributed by atoms with van der Waals surface area (Å²) in [6, 6.07) is 6.91. The van der Waals surface area contributed by atoms with E-state index in [-0.39, 0.29) is 17.8 Å². The summed E-state index contributed by atoms with van der Waals surface area (Å²) in [7, 11) is 1.63. The number of nitrogens with zero attached hydrogens (tertiary/aromatic N) is 2. The van der Waals surface area contributed by atoms with Gasteiger partial charge in [0.15, 0.2) is 0 Å². The van der Waals surface area contributed by atoms with Crippen molar-refractivity contribution < 1.29 is 9.18 Å². The fourth-order valence-electron chi connectivity index (χ4n) is 2.91. The first kappa shape index (κ1) is 17.0. The Kier molecular flexibility index (Phi) is 5.55. The SMILES string of the molecule is CNC(=O)Cc1nc(CN2CCNCC2c2cccc(F)c2)cs1. The molecule has 5 nitrogen and oxygen atoms in total. The maximum atomic E-state index is 13.5. The smallest absolute Gasteiger partial charge is 0.226 e. The van der Waals surface area contributed by atoms with Crippen LogP contribution in [0.15, 0.2) is 29.6 Å². The topological polar surface area (TPSA) is 57.3 Å². The van der Waals surface area contributed by atoms with Gasteiger partial charge in [-0.1, -0.05) is 12.1 Å². The number of carbonyl (C=O) groups is 1. The van der Waals surface area contributed by atoms with Crippen molar-refractivity contribution in [2.45, 2.75) is 19.0 Å². The Morgan fingerprint density at radius 2 is 2.42 bits per heavy atom. The van der Waals surface area contributed by atoms with E-state index in [2.05, 4.69) is 20.5 Å². The highest BCUT2D eigenvalue weighted by Gasteiger charge is 2.24. The average Bonchev–Trinajstić information content (AvgIpc) is 3.02. The molecule has 1 aliphatic heterocycles. The molecular formula is C17H21FN4OS. The van der Waals surface area contributed by atoms with Crippen LogP contribution in [-0.2, 0) is 17.8 Å². The van der Waals surface area contributed by atoms with E-state index >= 15 is 0 Å². The van der Waals surface area contributed by atoms with Crippen LogP contribution in [0.4, 0.5) is 4.39 Å². The van der Waals surface area contributed by atoms with Gasteiger partial charge in [0.2, 0.25) is 5.91 Å². The standard InChI is InChI=1S/C17H21FN4OS/c1-19-16(23)8-17-21-14(11-24-17)10-22-6-5-20-9-15(22)12-3-2-4-13(18)7-12/h2-4,7,11,15,20H,5-6,8-10H2,1H3,(H,19,23). The van der Waals surface area contributed by atoms with Crippen molar-refractivity contribution in [3.63, 3.8) is 0 Å². The molecule has 1 aromatic carbocycles. The van der Waals surface area contributed by atoms with Gasteiger partial charge < -0.3 is 10.6 Å². The Labute approximate surface area is 144 Å². The Morgan fingerprint density at radius 1 is 1.54 bits per heavy atom. The maximum Gasteiger partial charge on any atom is 0.226 e. The minimum atomic E-state index is -0.209. The average molecular weight is 348 g/mol. The lowest BCUT2D eigenvalue weighted by molar-refractivity contribution is -0.119. The fraction of sp³-hybridized carbons (Fsp3) is 0.412. The van der Waals surface area contributed by atoms with Gasteiger partial charge >= 0.3 is 0 Å². The Balaban J connectivity index is 1.71. The van der Waals surface area contributed by atoms with Gasteiger partial charge in [0.1, 0.15) is 10.8 Å². The molecule has 1 fully saturated rings. The van der Waals surface area contributed by atoms with Crippen molar-refractivity contribution >= 4 is 17.2 Å². The zero-order valence-corrected chi connectivity index (χ0v) is 14.4. The number of halogens is 1. The second-order valence-electron chi connectivity index (χ2n) is 5.83. The molecule has 1 atom stereocenters. The van der Waals surface area contributed by atoms with Crippen LogP contribution in [0.25, 0.3) is 0 Å². The van der Waals surface area contributed by atoms with E-state index in [9.17, 15) is 9.18 Å². The molecule has 0 bridgehead atoms. The molecule has 1 unspecified atom stereocenters. The number of carbonyl (C=O) groups excluding carboxylic acids is 1. The van der Waals surface area contributed by atoms with Crippen molar-refractivity contribution in [3.05, 3.63) is 51.7 Å². The van der Waals surface area contributed by atoms with Gasteiger partial charge in [-0.15, -0.1) is 11.3 Å². The van der Waals surface area contributed by atoms with Crippen LogP contribution in [0, 0.1) is 5.82 Å². The van der Waals surface area contributed by atoms with Crippen molar-refractivity contribution in [2.24, 2.45) is 0 Å². The molecule has 1 saturated heterocycles. The Bertz CT molecular complexity index is 705. The lowest BCUT2D eigenvalue weighted by Crippen LogP contribution is -2.45. The number of thiazole rings is 1. The van der Waals surface area contributed by atoms with Crippen molar-refractivity contribution in [1.29, 1.82) is 0 Å². The maximum absolute atomic E-state index is 13.5. The molecule has 1 aromatic heterocycles. The third kappa shape index (κ3) is 4.17. The largest absolute Gasteiger partial charge is 0.359 e. The molecule has 2 N–H and O–H groups in total. The number of hydrogen-bond acceptors (Lipinski definition) is 5. The summed E-state index contributed by atoms with van der Waals surface area (Å²) in [5.74, 6) is -0.241. The molecule has 7 heteroatoms. The first-order chi connectivity index (χ1) is 11.7. The minimum Gasteiger partial charge on any atom is -0.359 e. The zero-order chi connectivity index (χ0) is 16.9. The molecule has 2 heterocycles. The molecular weight excluding hydrogens is 327 g/mol. The lowest BCUT2D eigenvalue weighted by atomic mass is 10.0. The predicted octanol–water partition coefficient (Wildman–Crippen LogP) is 1.72. The van der Waals surface area contributed by atoms with E-state index in [4.69, 9.17) is 0 Å². The van der Waals surface area contributed by atoms with Crippen LogP contribution >= 0.6 is 11.3 Å². The van der Waals surface area contributed by atoms with E-state index < -0.39 is 0 Å². The van der Waals surface area contributed by atoms with E-state index in [0.717, 1.165) is 35.9 Å². The second kappa shape index (κ2) is 7.83. The number of benzene rings is 1. The summed E-state index contributed by atoms with van der Waals surface area (Å²) in [6.07, 6.45) is 0.316. The van der Waals surface area contributed by atoms with Crippen LogP contribution in [0.2, 0.25) is 0 Å². The summed E-state index contributed by atoms with van der Waals surface area (Å²) in [5.41, 5.74) is 1.94. The third-order valence-electron chi connectivity index (χ3n) is 4.14. The molecule has 0 radical (unpaired) electrons. The Hall–Kier alpha value is -1.83. The molecule has 0 saturated carbocycles. The quantitative estimate of drug-likeness (QED) is 0.864. The van der Waals surface area contributed by atoms with Crippen LogP contribution in [0.1, 0.15) is 22.3 Å². The highest BCUT2D eigenvalue weighted by Crippen LogP contribution is 2.25. The number of likely N-dealkylation sites (N-methyl/N-ethyl adjacent to an activating group) is 1. The zero-order valence-electron chi connectivity index (χ0n) is 13.6. The van der Waals surface area contributed by atoms with Gasteiger partial charge in [-0.3, -0.25) is 9.69 Å². The molecule has 0 aliphatic carbocycles. The molecule has 2 aromatic rings. The number of nitrogens with one attached hydrogen (secondary N) is 2. The van der Waals surface area contributed by atoms with Crippen molar-refractivity contribution in [3.8, 4) is 0 Å². The number of piperazine rings is 1. The summed E-state index contributed by atoms with van der Waals surface area (Å²) < 4.78 is 13.5. The summed E-state index contributed by atoms with van der Waals surface area (Å²) in [5, 5.41) is 8.81. The fourth-order valence-corrected chi connectivity index (χ4v) is 3.70. The first-order valence-corrected chi connectivity index (χ1v) is 8.88. The highest BCUT2D eigenvalue weighted by molar-refractivity contribution is 7.09. The first-order valence-electron chi connectivity index (χ1n) is 8.00. The molecule has 1 amide bonds. The van der Waals surface area contributed by atoms with Crippen molar-refractivity contribution in [2.75, 3.05) is 26.7 Å². The van der Waals surface area contributed by atoms with Gasteiger partial charge in [-0.05, 0) is 17.7 Å². The predicted molar refractivity (Wildman–Crippen MR) is 92.3 cm³/mol. The summed E-state index contributed by atoms with van der Waals surface area (Å²) in [6.45, 7) is 3.27. The van der Waals surface area contributed by atoms with Crippen molar-refractivity contribution in [1.82, 2.24) is 20.5 Å². The molecule has 1 aliphatic rings. The number of aromatic nitrogens is 1.